The second-order valence-corrected chi connectivity index (χ2v) is 5.74. The van der Waals surface area contributed by atoms with Crippen LogP contribution in [0.3, 0.4) is 0 Å². The number of hydrogen-bond donors (Lipinski definition) is 1. The van der Waals surface area contributed by atoms with E-state index in [0.29, 0.717) is 6.04 Å². The molecule has 3 nitrogen and oxygen atoms in total. The summed E-state index contributed by atoms with van der Waals surface area (Å²) in [5.41, 5.74) is 0. The second kappa shape index (κ2) is 5.48. The Morgan fingerprint density at radius 3 is 2.75 bits per heavy atom. The maximum atomic E-state index is 3.55. The number of nitrogens with one attached hydrogen (secondary N) is 1. The van der Waals surface area contributed by atoms with Gasteiger partial charge in [-0.05, 0) is 59.8 Å². The smallest absolute Gasteiger partial charge is 0.0197 e. The third-order valence-corrected chi connectivity index (χ3v) is 4.16. The standard InChI is InChI=1S/C13H27N3/c1-11-9-13(5-6-14-11)16-8-4-7-15(3)10-12(16)2/h11-14H,4-10H2,1-3H3. The highest BCUT2D eigenvalue weighted by Gasteiger charge is 2.29. The normalized spacial score (nSPS) is 39.6. The van der Waals surface area contributed by atoms with Crippen LogP contribution in [0, 0.1) is 0 Å². The Morgan fingerprint density at radius 2 is 2.00 bits per heavy atom. The van der Waals surface area contributed by atoms with Gasteiger partial charge in [0, 0.05) is 24.7 Å². The van der Waals surface area contributed by atoms with E-state index in [2.05, 4.69) is 36.0 Å². The molecule has 0 saturated carbocycles. The van der Waals surface area contributed by atoms with Gasteiger partial charge in [-0.25, -0.2) is 0 Å². The van der Waals surface area contributed by atoms with E-state index in [0.717, 1.165) is 12.1 Å². The van der Waals surface area contributed by atoms with E-state index < -0.39 is 0 Å². The van der Waals surface area contributed by atoms with Crippen molar-refractivity contribution < 1.29 is 0 Å². The van der Waals surface area contributed by atoms with Crippen LogP contribution in [-0.2, 0) is 0 Å². The number of likely N-dealkylation sites (N-methyl/N-ethyl adjacent to an activating group) is 1. The molecule has 1 N–H and O–H groups in total. The van der Waals surface area contributed by atoms with Crippen molar-refractivity contribution in [1.82, 2.24) is 15.1 Å². The second-order valence-electron chi connectivity index (χ2n) is 5.74. The van der Waals surface area contributed by atoms with Gasteiger partial charge in [-0.3, -0.25) is 4.90 Å². The first-order valence-electron chi connectivity index (χ1n) is 6.84. The average molecular weight is 225 g/mol. The Kier molecular flexibility index (Phi) is 4.22. The lowest BCUT2D eigenvalue weighted by molar-refractivity contribution is 0.107. The molecule has 2 heterocycles. The molecular weight excluding hydrogens is 198 g/mol. The fourth-order valence-corrected chi connectivity index (χ4v) is 3.34. The summed E-state index contributed by atoms with van der Waals surface area (Å²) in [5.74, 6) is 0. The summed E-state index contributed by atoms with van der Waals surface area (Å²) in [6.07, 6.45) is 3.99. The fourth-order valence-electron chi connectivity index (χ4n) is 3.34. The minimum Gasteiger partial charge on any atom is -0.314 e. The van der Waals surface area contributed by atoms with Crippen LogP contribution in [0.4, 0.5) is 0 Å². The van der Waals surface area contributed by atoms with Gasteiger partial charge in [0.25, 0.3) is 0 Å². The van der Waals surface area contributed by atoms with Crippen LogP contribution < -0.4 is 5.32 Å². The highest BCUT2D eigenvalue weighted by molar-refractivity contribution is 4.87. The quantitative estimate of drug-likeness (QED) is 0.722. The molecule has 0 spiro atoms. The maximum Gasteiger partial charge on any atom is 0.0197 e. The Hall–Kier alpha value is -0.120. The minimum atomic E-state index is 0.701. The molecule has 0 aromatic rings. The molecule has 0 aliphatic carbocycles. The first-order valence-corrected chi connectivity index (χ1v) is 6.84. The predicted octanol–water partition coefficient (Wildman–Crippen LogP) is 1.15. The number of rotatable bonds is 1. The highest BCUT2D eigenvalue weighted by atomic mass is 15.3. The SMILES string of the molecule is CC1CC(N2CCCN(C)CC2C)CCN1. The van der Waals surface area contributed by atoms with Crippen molar-refractivity contribution in [3.8, 4) is 0 Å². The van der Waals surface area contributed by atoms with Crippen LogP contribution in [0.15, 0.2) is 0 Å². The fraction of sp³-hybridized carbons (Fsp3) is 1.00. The lowest BCUT2D eigenvalue weighted by Crippen LogP contribution is -2.51. The summed E-state index contributed by atoms with van der Waals surface area (Å²) in [6.45, 7) is 9.71. The summed E-state index contributed by atoms with van der Waals surface area (Å²) in [5, 5.41) is 3.55. The van der Waals surface area contributed by atoms with Crippen LogP contribution in [0.25, 0.3) is 0 Å². The molecule has 0 radical (unpaired) electrons. The molecule has 0 bridgehead atoms. The summed E-state index contributed by atoms with van der Waals surface area (Å²) < 4.78 is 0. The van der Waals surface area contributed by atoms with Crippen molar-refractivity contribution in [3.63, 3.8) is 0 Å². The largest absolute Gasteiger partial charge is 0.314 e. The molecule has 3 unspecified atom stereocenters. The Labute approximate surface area is 100 Å². The summed E-state index contributed by atoms with van der Waals surface area (Å²) in [4.78, 5) is 5.25. The molecule has 2 fully saturated rings. The van der Waals surface area contributed by atoms with Gasteiger partial charge in [-0.15, -0.1) is 0 Å². The van der Waals surface area contributed by atoms with Crippen molar-refractivity contribution in [2.75, 3.05) is 33.2 Å². The number of hydrogen-bond acceptors (Lipinski definition) is 3. The van der Waals surface area contributed by atoms with Crippen molar-refractivity contribution in [3.05, 3.63) is 0 Å². The van der Waals surface area contributed by atoms with Gasteiger partial charge in [0.15, 0.2) is 0 Å². The van der Waals surface area contributed by atoms with Crippen molar-refractivity contribution >= 4 is 0 Å². The third-order valence-electron chi connectivity index (χ3n) is 4.16. The first-order chi connectivity index (χ1) is 7.66. The van der Waals surface area contributed by atoms with E-state index in [9.17, 15) is 0 Å². The molecule has 2 aliphatic heterocycles. The van der Waals surface area contributed by atoms with E-state index in [4.69, 9.17) is 0 Å². The van der Waals surface area contributed by atoms with Crippen LogP contribution in [0.2, 0.25) is 0 Å². The third kappa shape index (κ3) is 2.96. The van der Waals surface area contributed by atoms with E-state index in [1.54, 1.807) is 0 Å². The molecule has 2 rings (SSSR count). The van der Waals surface area contributed by atoms with Crippen LogP contribution in [-0.4, -0.2) is 61.2 Å². The van der Waals surface area contributed by atoms with Gasteiger partial charge < -0.3 is 10.2 Å². The van der Waals surface area contributed by atoms with E-state index in [1.165, 1.54) is 45.4 Å². The molecule has 0 aromatic heterocycles. The van der Waals surface area contributed by atoms with E-state index >= 15 is 0 Å². The number of piperidine rings is 1. The molecule has 3 heteroatoms. The predicted molar refractivity (Wildman–Crippen MR) is 68.8 cm³/mol. The molecular formula is C13H27N3. The Bertz CT molecular complexity index is 219. The summed E-state index contributed by atoms with van der Waals surface area (Å²) >= 11 is 0. The minimum absolute atomic E-state index is 0.701. The monoisotopic (exact) mass is 225 g/mol. The lowest BCUT2D eigenvalue weighted by Gasteiger charge is -2.40. The van der Waals surface area contributed by atoms with Crippen LogP contribution >= 0.6 is 0 Å². The summed E-state index contributed by atoms with van der Waals surface area (Å²) in [6, 6.07) is 2.24. The molecule has 0 amide bonds. The van der Waals surface area contributed by atoms with Crippen molar-refractivity contribution in [1.29, 1.82) is 0 Å². The summed E-state index contributed by atoms with van der Waals surface area (Å²) in [7, 11) is 2.26. The van der Waals surface area contributed by atoms with Gasteiger partial charge in [0.2, 0.25) is 0 Å². The van der Waals surface area contributed by atoms with Crippen LogP contribution in [0.5, 0.6) is 0 Å². The van der Waals surface area contributed by atoms with Gasteiger partial charge in [0.1, 0.15) is 0 Å². The molecule has 2 saturated heterocycles. The maximum absolute atomic E-state index is 3.55. The van der Waals surface area contributed by atoms with Crippen molar-refractivity contribution in [2.24, 2.45) is 0 Å². The first kappa shape index (κ1) is 12.3. The zero-order valence-corrected chi connectivity index (χ0v) is 11.1. The van der Waals surface area contributed by atoms with Crippen LogP contribution in [0.1, 0.15) is 33.1 Å². The van der Waals surface area contributed by atoms with Gasteiger partial charge >= 0.3 is 0 Å². The van der Waals surface area contributed by atoms with Gasteiger partial charge in [0.05, 0.1) is 0 Å². The van der Waals surface area contributed by atoms with Gasteiger partial charge in [-0.2, -0.15) is 0 Å². The van der Waals surface area contributed by atoms with Gasteiger partial charge in [-0.1, -0.05) is 0 Å². The molecule has 0 aromatic carbocycles. The zero-order valence-electron chi connectivity index (χ0n) is 11.1. The van der Waals surface area contributed by atoms with E-state index in [1.807, 2.05) is 0 Å². The molecule has 16 heavy (non-hydrogen) atoms. The highest BCUT2D eigenvalue weighted by Crippen LogP contribution is 2.20. The average Bonchev–Trinajstić information content (AvgIpc) is 2.39. The Balaban J connectivity index is 1.95. The topological polar surface area (TPSA) is 18.5 Å². The number of nitrogens with zero attached hydrogens (tertiary/aromatic N) is 2. The van der Waals surface area contributed by atoms with E-state index in [-0.39, 0.29) is 0 Å². The molecule has 2 aliphatic rings. The van der Waals surface area contributed by atoms with Crippen molar-refractivity contribution in [2.45, 2.75) is 51.2 Å². The lowest BCUT2D eigenvalue weighted by atomic mass is 9.97. The zero-order chi connectivity index (χ0) is 11.5. The molecule has 94 valence electrons. The molecule has 3 atom stereocenters. The Morgan fingerprint density at radius 1 is 1.19 bits per heavy atom.